The van der Waals surface area contributed by atoms with E-state index >= 15 is 0 Å². The van der Waals surface area contributed by atoms with E-state index in [0.29, 0.717) is 29.8 Å². The van der Waals surface area contributed by atoms with E-state index in [0.717, 1.165) is 5.33 Å². The Kier molecular flexibility index (Phi) is 4.32. The minimum atomic E-state index is -0.194. The van der Waals surface area contributed by atoms with Gasteiger partial charge in [-0.1, -0.05) is 22.9 Å². The number of rotatable bonds is 4. The van der Waals surface area contributed by atoms with E-state index in [9.17, 15) is 4.79 Å². The average molecular weight is 275 g/mol. The standard InChI is InChI=1S/C10H15BrN2O2/c1-6(4-11)5-12-10(14)9-7(2)13-8(3)15-9/h6H,4-5H2,1-3H3,(H,12,14). The van der Waals surface area contributed by atoms with Crippen molar-refractivity contribution < 1.29 is 9.21 Å². The van der Waals surface area contributed by atoms with Crippen LogP contribution in [0, 0.1) is 19.8 Å². The Hall–Kier alpha value is -0.840. The van der Waals surface area contributed by atoms with Crippen LogP contribution >= 0.6 is 15.9 Å². The Morgan fingerprint density at radius 2 is 2.27 bits per heavy atom. The van der Waals surface area contributed by atoms with E-state index in [1.807, 2.05) is 6.92 Å². The molecule has 4 nitrogen and oxygen atoms in total. The number of halogens is 1. The van der Waals surface area contributed by atoms with Gasteiger partial charge in [-0.2, -0.15) is 0 Å². The molecule has 1 aromatic heterocycles. The molecule has 0 spiro atoms. The zero-order valence-corrected chi connectivity index (χ0v) is 10.7. The molecular formula is C10H15BrN2O2. The van der Waals surface area contributed by atoms with Crippen molar-refractivity contribution >= 4 is 21.8 Å². The molecule has 15 heavy (non-hydrogen) atoms. The highest BCUT2D eigenvalue weighted by Crippen LogP contribution is 2.09. The van der Waals surface area contributed by atoms with Crippen LogP contribution in [0.1, 0.15) is 29.1 Å². The summed E-state index contributed by atoms with van der Waals surface area (Å²) in [6.45, 7) is 6.17. The van der Waals surface area contributed by atoms with Crippen LogP contribution in [0.3, 0.4) is 0 Å². The highest BCUT2D eigenvalue weighted by atomic mass is 79.9. The average Bonchev–Trinajstić information content (AvgIpc) is 2.53. The summed E-state index contributed by atoms with van der Waals surface area (Å²) >= 11 is 3.35. The van der Waals surface area contributed by atoms with Crippen LogP contribution < -0.4 is 5.32 Å². The molecule has 0 saturated heterocycles. The Balaban J connectivity index is 2.58. The summed E-state index contributed by atoms with van der Waals surface area (Å²) in [5.74, 6) is 1.04. The molecule has 0 aromatic carbocycles. The van der Waals surface area contributed by atoms with E-state index in [1.165, 1.54) is 0 Å². The first-order valence-electron chi connectivity index (χ1n) is 4.82. The van der Waals surface area contributed by atoms with Crippen LogP contribution in [0.4, 0.5) is 0 Å². The van der Waals surface area contributed by atoms with Crippen molar-refractivity contribution in [3.05, 3.63) is 17.3 Å². The van der Waals surface area contributed by atoms with Gasteiger partial charge in [0.25, 0.3) is 5.91 Å². The second-order valence-corrected chi connectivity index (χ2v) is 4.26. The predicted molar refractivity (Wildman–Crippen MR) is 61.3 cm³/mol. The van der Waals surface area contributed by atoms with Gasteiger partial charge >= 0.3 is 0 Å². The number of aromatic nitrogens is 1. The maximum Gasteiger partial charge on any atom is 0.289 e. The van der Waals surface area contributed by atoms with Gasteiger partial charge in [-0.05, 0) is 12.8 Å². The number of nitrogens with zero attached hydrogens (tertiary/aromatic N) is 1. The van der Waals surface area contributed by atoms with Crippen molar-refractivity contribution in [3.8, 4) is 0 Å². The molecule has 0 saturated carbocycles. The normalized spacial score (nSPS) is 12.5. The third-order valence-corrected chi connectivity index (χ3v) is 3.09. The Labute approximate surface area is 97.6 Å². The number of hydrogen-bond acceptors (Lipinski definition) is 3. The summed E-state index contributed by atoms with van der Waals surface area (Å²) < 4.78 is 5.21. The molecular weight excluding hydrogens is 260 g/mol. The number of hydrogen-bond donors (Lipinski definition) is 1. The summed E-state index contributed by atoms with van der Waals surface area (Å²) in [6.07, 6.45) is 0. The zero-order valence-electron chi connectivity index (χ0n) is 9.13. The van der Waals surface area contributed by atoms with Crippen molar-refractivity contribution in [1.82, 2.24) is 10.3 Å². The first-order chi connectivity index (χ1) is 7.04. The Morgan fingerprint density at radius 3 is 2.73 bits per heavy atom. The molecule has 0 aliphatic carbocycles. The van der Waals surface area contributed by atoms with Crippen molar-refractivity contribution in [2.24, 2.45) is 5.92 Å². The van der Waals surface area contributed by atoms with Gasteiger partial charge in [0.05, 0.1) is 5.69 Å². The van der Waals surface area contributed by atoms with Gasteiger partial charge in [-0.15, -0.1) is 0 Å². The fourth-order valence-corrected chi connectivity index (χ4v) is 1.37. The summed E-state index contributed by atoms with van der Waals surface area (Å²) in [5.41, 5.74) is 0.636. The largest absolute Gasteiger partial charge is 0.436 e. The lowest BCUT2D eigenvalue weighted by Gasteiger charge is -2.07. The number of carbonyl (C=O) groups excluding carboxylic acids is 1. The molecule has 0 radical (unpaired) electrons. The second-order valence-electron chi connectivity index (χ2n) is 3.62. The Bertz CT molecular complexity index is 349. The van der Waals surface area contributed by atoms with Crippen LogP contribution in [0.15, 0.2) is 4.42 Å². The molecule has 1 N–H and O–H groups in total. The van der Waals surface area contributed by atoms with E-state index in [4.69, 9.17) is 4.42 Å². The molecule has 0 bridgehead atoms. The number of nitrogens with one attached hydrogen (secondary N) is 1. The Morgan fingerprint density at radius 1 is 1.60 bits per heavy atom. The summed E-state index contributed by atoms with van der Waals surface area (Å²) in [4.78, 5) is 15.7. The van der Waals surface area contributed by atoms with Gasteiger partial charge in [0, 0.05) is 18.8 Å². The molecule has 0 aliphatic rings. The minimum Gasteiger partial charge on any atom is -0.436 e. The molecule has 1 unspecified atom stereocenters. The van der Waals surface area contributed by atoms with Crippen LogP contribution in [-0.2, 0) is 0 Å². The van der Waals surface area contributed by atoms with Gasteiger partial charge in [0.2, 0.25) is 5.76 Å². The summed E-state index contributed by atoms with van der Waals surface area (Å²) in [6, 6.07) is 0. The van der Waals surface area contributed by atoms with Crippen LogP contribution in [0.2, 0.25) is 0 Å². The van der Waals surface area contributed by atoms with E-state index in [-0.39, 0.29) is 5.91 Å². The molecule has 1 rings (SSSR count). The first-order valence-corrected chi connectivity index (χ1v) is 5.95. The number of carbonyl (C=O) groups is 1. The van der Waals surface area contributed by atoms with E-state index in [2.05, 4.69) is 26.2 Å². The van der Waals surface area contributed by atoms with Crippen molar-refractivity contribution in [3.63, 3.8) is 0 Å². The monoisotopic (exact) mass is 274 g/mol. The van der Waals surface area contributed by atoms with E-state index in [1.54, 1.807) is 13.8 Å². The topological polar surface area (TPSA) is 55.1 Å². The van der Waals surface area contributed by atoms with Crippen LogP contribution in [-0.4, -0.2) is 22.8 Å². The minimum absolute atomic E-state index is 0.194. The SMILES string of the molecule is Cc1nc(C)c(C(=O)NCC(C)CBr)o1. The van der Waals surface area contributed by atoms with Gasteiger partial charge < -0.3 is 9.73 Å². The second kappa shape index (κ2) is 5.30. The molecule has 1 amide bonds. The maximum absolute atomic E-state index is 11.6. The van der Waals surface area contributed by atoms with Crippen molar-refractivity contribution in [2.75, 3.05) is 11.9 Å². The lowest BCUT2D eigenvalue weighted by Crippen LogP contribution is -2.28. The number of amides is 1. The quantitative estimate of drug-likeness (QED) is 0.856. The fraction of sp³-hybridized carbons (Fsp3) is 0.600. The van der Waals surface area contributed by atoms with Gasteiger partial charge in [-0.3, -0.25) is 4.79 Å². The third-order valence-electron chi connectivity index (χ3n) is 1.98. The predicted octanol–water partition coefficient (Wildman–Crippen LogP) is 2.05. The van der Waals surface area contributed by atoms with Gasteiger partial charge in [0.1, 0.15) is 0 Å². The van der Waals surface area contributed by atoms with Crippen LogP contribution in [0.25, 0.3) is 0 Å². The maximum atomic E-state index is 11.6. The lowest BCUT2D eigenvalue weighted by molar-refractivity contribution is 0.0919. The summed E-state index contributed by atoms with van der Waals surface area (Å²) in [5, 5.41) is 3.66. The third kappa shape index (κ3) is 3.34. The van der Waals surface area contributed by atoms with Crippen molar-refractivity contribution in [1.29, 1.82) is 0 Å². The molecule has 0 aliphatic heterocycles. The molecule has 0 fully saturated rings. The van der Waals surface area contributed by atoms with Crippen LogP contribution in [0.5, 0.6) is 0 Å². The fourth-order valence-electron chi connectivity index (χ4n) is 1.14. The number of alkyl halides is 1. The highest BCUT2D eigenvalue weighted by molar-refractivity contribution is 9.09. The lowest BCUT2D eigenvalue weighted by atomic mass is 10.2. The van der Waals surface area contributed by atoms with Crippen molar-refractivity contribution in [2.45, 2.75) is 20.8 Å². The van der Waals surface area contributed by atoms with Gasteiger partial charge in [0.15, 0.2) is 5.89 Å². The molecule has 1 heterocycles. The number of aryl methyl sites for hydroxylation is 2. The number of oxazole rings is 1. The molecule has 5 heteroatoms. The summed E-state index contributed by atoms with van der Waals surface area (Å²) in [7, 11) is 0. The zero-order chi connectivity index (χ0) is 11.4. The first kappa shape index (κ1) is 12.2. The highest BCUT2D eigenvalue weighted by Gasteiger charge is 2.15. The smallest absolute Gasteiger partial charge is 0.289 e. The molecule has 1 atom stereocenters. The van der Waals surface area contributed by atoms with E-state index < -0.39 is 0 Å². The van der Waals surface area contributed by atoms with Gasteiger partial charge in [-0.25, -0.2) is 4.98 Å². The molecule has 84 valence electrons. The molecule has 1 aromatic rings.